The van der Waals surface area contributed by atoms with Crippen LogP contribution in [0, 0.1) is 5.92 Å². The van der Waals surface area contributed by atoms with Gasteiger partial charge in [-0.15, -0.1) is 0 Å². The molecule has 0 aromatic carbocycles. The van der Waals surface area contributed by atoms with Gasteiger partial charge >= 0.3 is 11.9 Å². The fourth-order valence-corrected chi connectivity index (χ4v) is 1.65. The number of carbonyl (C=O) groups is 2. The molecular weight excluding hydrogens is 280 g/mol. The van der Waals surface area contributed by atoms with E-state index < -0.39 is 30.1 Å². The van der Waals surface area contributed by atoms with Crippen molar-refractivity contribution in [2.45, 2.75) is 71.5 Å². The summed E-state index contributed by atoms with van der Waals surface area (Å²) in [4.78, 5) is 30.6. The fraction of sp³-hybridized carbons (Fsp3) is 0.857. The third-order valence-corrected chi connectivity index (χ3v) is 3.16. The van der Waals surface area contributed by atoms with Crippen molar-refractivity contribution >= 4 is 11.9 Å². The molecule has 0 heterocycles. The molecule has 0 bridgehead atoms. The molecule has 0 radical (unpaired) electrons. The van der Waals surface area contributed by atoms with Crippen LogP contribution in [0.5, 0.6) is 0 Å². The van der Waals surface area contributed by atoms with E-state index >= 15 is 0 Å². The van der Waals surface area contributed by atoms with E-state index in [1.165, 1.54) is 6.92 Å². The van der Waals surface area contributed by atoms with Gasteiger partial charge in [0.2, 0.25) is 0 Å². The molecule has 0 aromatic heterocycles. The van der Waals surface area contributed by atoms with E-state index in [-0.39, 0.29) is 6.42 Å². The molecule has 124 valence electrons. The molecule has 0 aliphatic carbocycles. The third kappa shape index (κ3) is 8.64. The van der Waals surface area contributed by atoms with Gasteiger partial charge in [-0.3, -0.25) is 9.78 Å². The summed E-state index contributed by atoms with van der Waals surface area (Å²) in [6.07, 6.45) is 2.10. The van der Waals surface area contributed by atoms with Crippen LogP contribution in [0.25, 0.3) is 0 Å². The summed E-state index contributed by atoms with van der Waals surface area (Å²) in [5.74, 6) is -2.60. The summed E-state index contributed by atoms with van der Waals surface area (Å²) in [7, 11) is 0. The van der Waals surface area contributed by atoms with E-state index in [4.69, 9.17) is 0 Å². The molecule has 0 fully saturated rings. The minimum absolute atomic E-state index is 0.0756. The summed E-state index contributed by atoms with van der Waals surface area (Å²) >= 11 is 0. The van der Waals surface area contributed by atoms with Gasteiger partial charge in [0, 0.05) is 11.5 Å². The average molecular weight is 306 g/mol. The minimum Gasteiger partial charge on any atom is -0.390 e. The summed E-state index contributed by atoms with van der Waals surface area (Å²) < 4.78 is 0. The summed E-state index contributed by atoms with van der Waals surface area (Å²) in [6, 6.07) is 0. The van der Waals surface area contributed by atoms with Gasteiger partial charge in [-0.2, -0.15) is 0 Å². The van der Waals surface area contributed by atoms with Crippen molar-refractivity contribution in [3.05, 3.63) is 0 Å². The zero-order chi connectivity index (χ0) is 16.3. The van der Waals surface area contributed by atoms with Crippen LogP contribution in [0.4, 0.5) is 0 Å². The first-order chi connectivity index (χ1) is 9.93. The molecule has 0 rings (SSSR count). The van der Waals surface area contributed by atoms with Crippen molar-refractivity contribution in [2.24, 2.45) is 5.92 Å². The zero-order valence-electron chi connectivity index (χ0n) is 12.9. The van der Waals surface area contributed by atoms with Crippen LogP contribution in [-0.2, 0) is 24.4 Å². The SMILES string of the molecule is CCCCCCC(O)C(O)C(C)C(=O)OOOC(=O)CC. The van der Waals surface area contributed by atoms with Crippen LogP contribution in [0.1, 0.15) is 59.3 Å². The van der Waals surface area contributed by atoms with Crippen LogP contribution >= 0.6 is 0 Å². The normalized spacial score (nSPS) is 15.1. The molecule has 3 atom stereocenters. The molecule has 0 saturated carbocycles. The van der Waals surface area contributed by atoms with Crippen molar-refractivity contribution in [3.63, 3.8) is 0 Å². The van der Waals surface area contributed by atoms with Crippen molar-refractivity contribution in [3.8, 4) is 0 Å². The number of unbranched alkanes of at least 4 members (excludes halogenated alkanes) is 3. The van der Waals surface area contributed by atoms with Crippen LogP contribution < -0.4 is 0 Å². The average Bonchev–Trinajstić information content (AvgIpc) is 2.49. The smallest absolute Gasteiger partial charge is 0.352 e. The molecule has 7 nitrogen and oxygen atoms in total. The van der Waals surface area contributed by atoms with Crippen LogP contribution in [0.3, 0.4) is 0 Å². The molecular formula is C14H26O7. The number of rotatable bonds is 11. The topological polar surface area (TPSA) is 102 Å². The second-order valence-electron chi connectivity index (χ2n) is 4.98. The predicted octanol–water partition coefficient (Wildman–Crippen LogP) is 1.66. The Kier molecular flexibility index (Phi) is 10.8. The summed E-state index contributed by atoms with van der Waals surface area (Å²) in [6.45, 7) is 5.02. The predicted molar refractivity (Wildman–Crippen MR) is 73.5 cm³/mol. The van der Waals surface area contributed by atoms with Gasteiger partial charge in [0.05, 0.1) is 18.1 Å². The number of carbonyl (C=O) groups excluding carboxylic acids is 2. The molecule has 0 aliphatic rings. The maximum absolute atomic E-state index is 11.5. The van der Waals surface area contributed by atoms with Gasteiger partial charge in [-0.25, -0.2) is 9.59 Å². The van der Waals surface area contributed by atoms with Gasteiger partial charge < -0.3 is 10.2 Å². The Morgan fingerprint density at radius 2 is 1.71 bits per heavy atom. The highest BCUT2D eigenvalue weighted by Gasteiger charge is 2.30. The first kappa shape index (κ1) is 19.8. The van der Waals surface area contributed by atoms with E-state index in [0.717, 1.165) is 25.7 Å². The highest BCUT2D eigenvalue weighted by atomic mass is 17.5. The van der Waals surface area contributed by atoms with Gasteiger partial charge in [0.15, 0.2) is 0 Å². The lowest BCUT2D eigenvalue weighted by molar-refractivity contribution is -0.461. The van der Waals surface area contributed by atoms with Crippen molar-refractivity contribution in [1.82, 2.24) is 0 Å². The quantitative estimate of drug-likeness (QED) is 0.340. The fourth-order valence-electron chi connectivity index (χ4n) is 1.65. The Morgan fingerprint density at radius 3 is 2.29 bits per heavy atom. The molecule has 0 aromatic rings. The maximum atomic E-state index is 11.5. The Labute approximate surface area is 125 Å². The van der Waals surface area contributed by atoms with Crippen LogP contribution in [-0.4, -0.2) is 34.4 Å². The monoisotopic (exact) mass is 306 g/mol. The molecule has 0 amide bonds. The lowest BCUT2D eigenvalue weighted by Gasteiger charge is -2.21. The number of aliphatic hydroxyl groups excluding tert-OH is 2. The van der Waals surface area contributed by atoms with Gasteiger partial charge in [-0.1, -0.05) is 39.5 Å². The Bertz CT molecular complexity index is 306. The molecule has 21 heavy (non-hydrogen) atoms. The molecule has 0 aliphatic heterocycles. The Hall–Kier alpha value is -1.18. The number of aliphatic hydroxyl groups is 2. The van der Waals surface area contributed by atoms with Crippen molar-refractivity contribution in [1.29, 1.82) is 0 Å². The van der Waals surface area contributed by atoms with E-state index in [0.29, 0.717) is 6.42 Å². The van der Waals surface area contributed by atoms with E-state index in [1.807, 2.05) is 0 Å². The summed E-state index contributed by atoms with van der Waals surface area (Å²) in [5, 5.41) is 23.7. The molecule has 0 spiro atoms. The van der Waals surface area contributed by atoms with E-state index in [1.54, 1.807) is 6.92 Å². The zero-order valence-corrected chi connectivity index (χ0v) is 12.9. The first-order valence-electron chi connectivity index (χ1n) is 7.37. The second-order valence-corrected chi connectivity index (χ2v) is 4.98. The van der Waals surface area contributed by atoms with Crippen molar-refractivity contribution < 1.29 is 34.6 Å². The van der Waals surface area contributed by atoms with E-state index in [9.17, 15) is 19.8 Å². The molecule has 2 N–H and O–H groups in total. The highest BCUT2D eigenvalue weighted by Crippen LogP contribution is 2.15. The van der Waals surface area contributed by atoms with Gasteiger partial charge in [0.25, 0.3) is 0 Å². The highest BCUT2D eigenvalue weighted by molar-refractivity contribution is 5.72. The van der Waals surface area contributed by atoms with Gasteiger partial charge in [0.1, 0.15) is 0 Å². The van der Waals surface area contributed by atoms with Crippen molar-refractivity contribution in [2.75, 3.05) is 0 Å². The maximum Gasteiger partial charge on any atom is 0.352 e. The number of hydrogen-bond donors (Lipinski definition) is 2. The Balaban J connectivity index is 4.01. The summed E-state index contributed by atoms with van der Waals surface area (Å²) in [5.41, 5.74) is 0. The van der Waals surface area contributed by atoms with Crippen LogP contribution in [0.15, 0.2) is 0 Å². The minimum atomic E-state index is -1.26. The van der Waals surface area contributed by atoms with E-state index in [2.05, 4.69) is 21.7 Å². The molecule has 7 heteroatoms. The molecule has 3 unspecified atom stereocenters. The lowest BCUT2D eigenvalue weighted by Crippen LogP contribution is -2.37. The first-order valence-corrected chi connectivity index (χ1v) is 7.37. The standard InChI is InChI=1S/C14H26O7/c1-4-6-7-8-9-11(15)13(17)10(3)14(18)20-21-19-12(16)5-2/h10-11,13,15,17H,4-9H2,1-3H3. The number of hydrogen-bond acceptors (Lipinski definition) is 7. The largest absolute Gasteiger partial charge is 0.390 e. The van der Waals surface area contributed by atoms with Crippen LogP contribution in [0.2, 0.25) is 0 Å². The Morgan fingerprint density at radius 1 is 1.05 bits per heavy atom. The second kappa shape index (κ2) is 11.5. The lowest BCUT2D eigenvalue weighted by atomic mass is 9.96. The molecule has 0 saturated heterocycles. The van der Waals surface area contributed by atoms with Gasteiger partial charge in [-0.05, 0) is 13.3 Å². The third-order valence-electron chi connectivity index (χ3n) is 3.16.